The van der Waals surface area contributed by atoms with E-state index >= 15 is 0 Å². The zero-order chi connectivity index (χ0) is 69.8. The van der Waals surface area contributed by atoms with Gasteiger partial charge in [-0.3, -0.25) is 33.6 Å². The maximum Gasteiger partial charge on any atom is 0.646 e. The van der Waals surface area contributed by atoms with E-state index in [1.807, 2.05) is 0 Å². The molecular formula is C62H106O27Si9. The first-order chi connectivity index (χ1) is 46.8. The summed E-state index contributed by atoms with van der Waals surface area (Å²) in [5, 5.41) is 0. The first-order valence-electron chi connectivity index (χ1n) is 36.5. The van der Waals surface area contributed by atoms with Crippen LogP contribution in [0.3, 0.4) is 0 Å². The number of carbonyl (C=O) groups is 7. The normalized spacial score (nSPS) is 44.5. The molecule has 8 bridgehead atoms. The van der Waals surface area contributed by atoms with Crippen LogP contribution in [0.25, 0.3) is 0 Å². The smallest absolute Gasteiger partial charge is 0.469 e. The van der Waals surface area contributed by atoms with Gasteiger partial charge in [0.15, 0.2) is 8.32 Å². The van der Waals surface area contributed by atoms with Crippen molar-refractivity contribution in [3.05, 3.63) is 0 Å². The molecule has 0 aromatic rings. The van der Waals surface area contributed by atoms with Gasteiger partial charge >= 0.3 is 112 Å². The highest BCUT2D eigenvalue weighted by Crippen LogP contribution is 2.67. The zero-order valence-electron chi connectivity index (χ0n) is 59.2. The second kappa shape index (κ2) is 29.9. The summed E-state index contributed by atoms with van der Waals surface area (Å²) >= 11 is 0. The topological polar surface area (TPSA) is 304 Å². The Labute approximate surface area is 586 Å². The third-order valence-electron chi connectivity index (χ3n) is 24.9. The van der Waals surface area contributed by atoms with E-state index in [-0.39, 0.29) is 47.3 Å². The minimum Gasteiger partial charge on any atom is -0.469 e. The van der Waals surface area contributed by atoms with E-state index in [9.17, 15) is 33.6 Å². The predicted molar refractivity (Wildman–Crippen MR) is 361 cm³/mol. The Morgan fingerprint density at radius 1 is 0.286 bits per heavy atom. The number of carbonyl (C=O) groups excluding carboxylic acids is 7. The van der Waals surface area contributed by atoms with Crippen molar-refractivity contribution >= 4 is 121 Å². The van der Waals surface area contributed by atoms with Gasteiger partial charge in [-0.05, 0) is 198 Å². The van der Waals surface area contributed by atoms with E-state index < -0.39 is 159 Å². The highest BCUT2D eigenvalue weighted by atomic mass is 28.6. The van der Waals surface area contributed by atoms with Gasteiger partial charge in [-0.15, -0.1) is 0 Å². The van der Waals surface area contributed by atoms with Gasteiger partial charge in [0.05, 0.1) is 91.2 Å². The molecule has 1 atom stereocenters. The molecule has 36 heteroatoms. The molecule has 6 heterocycles. The fourth-order valence-corrected chi connectivity index (χ4v) is 77.2. The van der Waals surface area contributed by atoms with E-state index in [0.29, 0.717) is 186 Å². The summed E-state index contributed by atoms with van der Waals surface area (Å²) in [6.07, 6.45) is 10.5. The lowest BCUT2D eigenvalue weighted by Crippen LogP contribution is -2.91. The Bertz CT molecular complexity index is 2620. The van der Waals surface area contributed by atoms with E-state index in [4.69, 9.17) is 86.7 Å². The van der Waals surface area contributed by atoms with Crippen LogP contribution in [0.15, 0.2) is 0 Å². The van der Waals surface area contributed by atoms with Gasteiger partial charge in [0, 0.05) is 38.8 Å². The second-order valence-electron chi connectivity index (χ2n) is 30.5. The second-order valence-corrected chi connectivity index (χ2v) is 60.4. The molecular weight excluding hydrogens is 1430 g/mol. The van der Waals surface area contributed by atoms with Crippen LogP contribution in [0.1, 0.15) is 200 Å². The van der Waals surface area contributed by atoms with Crippen LogP contribution in [-0.4, -0.2) is 171 Å². The van der Waals surface area contributed by atoms with Crippen LogP contribution in [0, 0.1) is 41.4 Å². The van der Waals surface area contributed by atoms with Crippen molar-refractivity contribution < 1.29 is 120 Å². The van der Waals surface area contributed by atoms with Crippen molar-refractivity contribution in [3.63, 3.8) is 0 Å². The van der Waals surface area contributed by atoms with Crippen molar-refractivity contribution in [2.24, 2.45) is 41.4 Å². The summed E-state index contributed by atoms with van der Waals surface area (Å²) in [6.45, 7) is 8.52. The minimum atomic E-state index is -5.28. The first-order valence-corrected chi connectivity index (χ1v) is 53.7. The fraction of sp³-hybridized carbons (Fsp3) is 0.887. The number of hydrogen-bond donors (Lipinski definition) is 0. The molecule has 6 aliphatic heterocycles. The van der Waals surface area contributed by atoms with Crippen molar-refractivity contribution in [1.82, 2.24) is 0 Å². The van der Waals surface area contributed by atoms with Gasteiger partial charge < -0.3 is 86.7 Å². The molecule has 7 saturated carbocycles. The van der Waals surface area contributed by atoms with E-state index in [0.717, 1.165) is 0 Å². The number of esters is 7. The predicted octanol–water partition coefficient (Wildman–Crippen LogP) is 10.4. The van der Waals surface area contributed by atoms with E-state index in [1.54, 1.807) is 0 Å². The SMILES string of the molecule is CCC(C)[Si](C)(C)O[Si]12O[Si]3(C4CCC(C(=O)OC)CC4)O[Si]4(C5CCC(C(=O)OC)CC5)O[Si](C5CCC(C(=O)OC)CC5)(O1)O[Si]1(C5CCC(C(=O)OC)CC5)O[Si](C5CCC(C(=O)OC)CC5)(O2)O[Si](C2CCC(C(=O)OC)CC2)(O3)O[Si](C2CCC(C(=O)OC)CC2)(O4)O1. The van der Waals surface area contributed by atoms with Crippen LogP contribution in [0.5, 0.6) is 0 Å². The van der Waals surface area contributed by atoms with Gasteiger partial charge in [-0.1, -0.05) is 20.3 Å². The standard InChI is InChI=1S/C62H106O27Si9/c1-12-41(2)90(10,11)77-98-87-95(53-35-21-46(22-36-53)60(67)74-7)81-92(50-29-15-43(16-30-50)57(64)71-4)78-91(49-27-13-42(14-28-49)56(63)70-3)79-93(83-95,51-31-17-44(18-32-51)58(65)72-5)85-97(89-98,55-39-25-48(26-40-55)62(69)76-9)86-94(80-91,52-33-19-45(20-34-52)59(66)73-6)84-96(82-92,88-98)54-37-23-47(24-38-54)61(68)75-8/h41-55H,12-40H2,1-11H3. The summed E-state index contributed by atoms with van der Waals surface area (Å²) in [6, 6.07) is 0. The Kier molecular flexibility index (Phi) is 23.0. The molecule has 0 aromatic carbocycles. The molecule has 7 aliphatic carbocycles. The maximum absolute atomic E-state index is 13.8. The van der Waals surface area contributed by atoms with Crippen LogP contribution in [-0.2, 0) is 120 Å². The average Bonchev–Trinajstić information content (AvgIpc) is 0.666. The van der Waals surface area contributed by atoms with Gasteiger partial charge in [0.2, 0.25) is 0 Å². The van der Waals surface area contributed by atoms with Crippen molar-refractivity contribution in [2.75, 3.05) is 49.8 Å². The molecule has 13 fully saturated rings. The van der Waals surface area contributed by atoms with Crippen LogP contribution in [0.2, 0.25) is 57.4 Å². The number of hydrogen-bond acceptors (Lipinski definition) is 27. The summed E-state index contributed by atoms with van der Waals surface area (Å²) < 4.78 is 151. The van der Waals surface area contributed by atoms with Crippen molar-refractivity contribution in [1.29, 1.82) is 0 Å². The van der Waals surface area contributed by atoms with Crippen molar-refractivity contribution in [2.45, 2.75) is 257 Å². The molecule has 0 radical (unpaired) electrons. The van der Waals surface area contributed by atoms with Gasteiger partial charge in [0.1, 0.15) is 0 Å². The Balaban J connectivity index is 1.19. The third kappa shape index (κ3) is 14.3. The lowest BCUT2D eigenvalue weighted by Gasteiger charge is -2.67. The molecule has 0 spiro atoms. The molecule has 98 heavy (non-hydrogen) atoms. The Hall–Kier alpha value is -2.28. The van der Waals surface area contributed by atoms with Gasteiger partial charge in [-0.25, -0.2) is 0 Å². The molecule has 6 saturated heterocycles. The molecule has 552 valence electrons. The lowest BCUT2D eigenvalue weighted by atomic mass is 9.89. The highest BCUT2D eigenvalue weighted by molar-refractivity contribution is 7.04. The third-order valence-corrected chi connectivity index (χ3v) is 68.7. The number of methoxy groups -OCH3 is 7. The van der Waals surface area contributed by atoms with Crippen LogP contribution < -0.4 is 0 Å². The fourth-order valence-electron chi connectivity index (χ4n) is 18.5. The molecule has 0 aromatic heterocycles. The molecule has 13 rings (SSSR count). The number of ether oxygens (including phenoxy) is 7. The Morgan fingerprint density at radius 3 is 0.561 bits per heavy atom. The molecule has 0 N–H and O–H groups in total. The maximum atomic E-state index is 13.8. The average molecular weight is 1540 g/mol. The van der Waals surface area contributed by atoms with E-state index in [1.165, 1.54) is 49.8 Å². The van der Waals surface area contributed by atoms with Crippen LogP contribution in [0.4, 0.5) is 0 Å². The van der Waals surface area contributed by atoms with Gasteiger partial charge in [0.25, 0.3) is 0 Å². The summed E-state index contributed by atoms with van der Waals surface area (Å²) in [5.74, 6) is -5.69. The minimum absolute atomic E-state index is 0.0572. The molecule has 13 aliphatic rings. The lowest BCUT2D eigenvalue weighted by molar-refractivity contribution is -0.147. The molecule has 1 unspecified atom stereocenters. The highest BCUT2D eigenvalue weighted by Gasteiger charge is 2.89. The van der Waals surface area contributed by atoms with Crippen LogP contribution >= 0.6 is 0 Å². The molecule has 0 amide bonds. The quantitative estimate of drug-likeness (QED) is 0.0699. The monoisotopic (exact) mass is 1530 g/mol. The summed E-state index contributed by atoms with van der Waals surface area (Å²) in [5.41, 5.74) is -4.54. The van der Waals surface area contributed by atoms with E-state index in [2.05, 4.69) is 26.9 Å². The van der Waals surface area contributed by atoms with Gasteiger partial charge in [-0.2, -0.15) is 0 Å². The number of rotatable bonds is 18. The summed E-state index contributed by atoms with van der Waals surface area (Å²) in [4.78, 5) is 96.3. The van der Waals surface area contributed by atoms with Crippen molar-refractivity contribution in [3.8, 4) is 0 Å². The summed E-state index contributed by atoms with van der Waals surface area (Å²) in [7, 11) is -33.5. The Morgan fingerprint density at radius 2 is 0.429 bits per heavy atom. The largest absolute Gasteiger partial charge is 0.646 e. The first kappa shape index (κ1) is 75.4. The molecule has 27 nitrogen and oxygen atoms in total. The zero-order valence-corrected chi connectivity index (χ0v) is 68.2.